The van der Waals surface area contributed by atoms with Crippen molar-refractivity contribution in [2.75, 3.05) is 13.1 Å². The summed E-state index contributed by atoms with van der Waals surface area (Å²) < 4.78 is 0. The van der Waals surface area contributed by atoms with Gasteiger partial charge in [-0.25, -0.2) is 4.79 Å². The number of amides is 2. The highest BCUT2D eigenvalue weighted by atomic mass is 16.2. The second-order valence-corrected chi connectivity index (χ2v) is 5.11. The van der Waals surface area contributed by atoms with Gasteiger partial charge in [-0.05, 0) is 25.7 Å². The number of rotatable bonds is 1. The average Bonchev–Trinajstić information content (AvgIpc) is 2.31. The molecule has 3 N–H and O–H groups in total. The van der Waals surface area contributed by atoms with E-state index in [0.717, 1.165) is 38.8 Å². The lowest BCUT2D eigenvalue weighted by Crippen LogP contribution is -2.50. The average molecular weight is 241 g/mol. The molecule has 4 heteroatoms. The van der Waals surface area contributed by atoms with Crippen molar-refractivity contribution in [3.8, 4) is 0 Å². The number of piperidine rings is 1. The molecule has 1 saturated heterocycles. The third kappa shape index (κ3) is 4.19. The zero-order chi connectivity index (χ0) is 11.4. The summed E-state index contributed by atoms with van der Waals surface area (Å²) in [6, 6.07) is 0.828. The van der Waals surface area contributed by atoms with Crippen LogP contribution < -0.4 is 11.1 Å². The zero-order valence-corrected chi connectivity index (χ0v) is 9.95. The maximum atomic E-state index is 11.9. The van der Waals surface area contributed by atoms with Crippen molar-refractivity contribution in [3.05, 3.63) is 0 Å². The van der Waals surface area contributed by atoms with Gasteiger partial charge in [-0.1, -0.05) is 26.7 Å². The molecule has 2 aliphatic rings. The van der Waals surface area contributed by atoms with E-state index in [9.17, 15) is 4.79 Å². The van der Waals surface area contributed by atoms with Crippen LogP contribution in [0.3, 0.4) is 0 Å². The highest BCUT2D eigenvalue weighted by Crippen LogP contribution is 2.18. The number of nitrogens with two attached hydrogens (primary N) is 1. The molecular formula is C13H27N3O. The molecule has 2 fully saturated rings. The van der Waals surface area contributed by atoms with E-state index in [4.69, 9.17) is 5.73 Å². The first-order valence-electron chi connectivity index (χ1n) is 6.57. The Morgan fingerprint density at radius 2 is 1.65 bits per heavy atom. The number of urea groups is 1. The summed E-state index contributed by atoms with van der Waals surface area (Å²) in [5.41, 5.74) is 5.82. The van der Waals surface area contributed by atoms with Crippen molar-refractivity contribution < 1.29 is 4.79 Å². The van der Waals surface area contributed by atoms with Gasteiger partial charge in [-0.3, -0.25) is 0 Å². The van der Waals surface area contributed by atoms with Crippen LogP contribution >= 0.6 is 0 Å². The van der Waals surface area contributed by atoms with Gasteiger partial charge in [0.25, 0.3) is 0 Å². The molecule has 4 nitrogen and oxygen atoms in total. The van der Waals surface area contributed by atoms with Crippen LogP contribution in [0.1, 0.15) is 52.4 Å². The van der Waals surface area contributed by atoms with E-state index in [0.29, 0.717) is 12.1 Å². The van der Waals surface area contributed by atoms with Gasteiger partial charge in [-0.15, -0.1) is 0 Å². The van der Waals surface area contributed by atoms with Crippen LogP contribution in [-0.2, 0) is 0 Å². The Labute approximate surface area is 105 Å². The van der Waals surface area contributed by atoms with Crippen LogP contribution in [0.25, 0.3) is 0 Å². The molecule has 1 heterocycles. The van der Waals surface area contributed by atoms with Gasteiger partial charge in [0.1, 0.15) is 0 Å². The molecule has 1 aliphatic carbocycles. The molecule has 0 atom stereocenters. The zero-order valence-electron chi connectivity index (χ0n) is 9.95. The quantitative estimate of drug-likeness (QED) is 0.738. The highest BCUT2D eigenvalue weighted by molar-refractivity contribution is 5.74. The lowest BCUT2D eigenvalue weighted by atomic mass is 9.95. The summed E-state index contributed by atoms with van der Waals surface area (Å²) in [6.45, 7) is 1.64. The van der Waals surface area contributed by atoms with Gasteiger partial charge in [-0.2, -0.15) is 0 Å². The van der Waals surface area contributed by atoms with Crippen LogP contribution in [0.4, 0.5) is 4.79 Å². The summed E-state index contributed by atoms with van der Waals surface area (Å²) in [4.78, 5) is 13.9. The van der Waals surface area contributed by atoms with Crippen LogP contribution in [0, 0.1) is 0 Å². The van der Waals surface area contributed by atoms with Crippen LogP contribution in [0.5, 0.6) is 0 Å². The number of carbonyl (C=O) groups is 1. The van der Waals surface area contributed by atoms with Crippen molar-refractivity contribution in [1.29, 1.82) is 0 Å². The first-order chi connectivity index (χ1) is 7.75. The Kier molecular flexibility index (Phi) is 5.75. The third-order valence-electron chi connectivity index (χ3n) is 3.76. The molecule has 2 rings (SSSR count). The van der Waals surface area contributed by atoms with Crippen LogP contribution in [0.2, 0.25) is 0 Å². The smallest absolute Gasteiger partial charge is 0.317 e. The summed E-state index contributed by atoms with van der Waals surface area (Å²) >= 11 is 0. The second-order valence-electron chi connectivity index (χ2n) is 5.11. The van der Waals surface area contributed by atoms with E-state index in [1.165, 1.54) is 19.3 Å². The number of carbonyl (C=O) groups excluding carboxylic acids is 1. The molecule has 1 saturated carbocycles. The fourth-order valence-corrected chi connectivity index (χ4v) is 2.62. The second kappa shape index (κ2) is 6.84. The number of hydrogen-bond acceptors (Lipinski definition) is 2. The van der Waals surface area contributed by atoms with E-state index in [1.807, 2.05) is 4.90 Å². The van der Waals surface area contributed by atoms with E-state index in [2.05, 4.69) is 5.32 Å². The lowest BCUT2D eigenvalue weighted by Gasteiger charge is -2.32. The van der Waals surface area contributed by atoms with E-state index >= 15 is 0 Å². The molecule has 0 aromatic carbocycles. The van der Waals surface area contributed by atoms with Crippen molar-refractivity contribution >= 4 is 6.03 Å². The first-order valence-corrected chi connectivity index (χ1v) is 6.57. The molecule has 0 aromatic heterocycles. The predicted octanol–water partition coefficient (Wildman–Crippen LogP) is 2.09. The Bertz CT molecular complexity index is 231. The Morgan fingerprint density at radius 1 is 1.06 bits per heavy atom. The molecule has 0 spiro atoms. The maximum Gasteiger partial charge on any atom is 0.317 e. The minimum atomic E-state index is 0. The van der Waals surface area contributed by atoms with Crippen molar-refractivity contribution in [3.63, 3.8) is 0 Å². The molecule has 2 amide bonds. The number of hydrogen-bond donors (Lipinski definition) is 2. The topological polar surface area (TPSA) is 58.4 Å². The molecule has 1 aliphatic heterocycles. The molecular weight excluding hydrogens is 214 g/mol. The molecule has 0 aromatic rings. The summed E-state index contributed by atoms with van der Waals surface area (Å²) in [5.74, 6) is 0. The van der Waals surface area contributed by atoms with Crippen molar-refractivity contribution in [2.45, 2.75) is 64.5 Å². The van der Waals surface area contributed by atoms with Gasteiger partial charge in [0.2, 0.25) is 0 Å². The summed E-state index contributed by atoms with van der Waals surface area (Å²) in [7, 11) is 0. The standard InChI is InChI=1S/C12H23N3O.CH4/c13-10-6-8-15(9-7-10)12(16)14-11-4-2-1-3-5-11;/h10-11H,1-9,13H2,(H,14,16);1H4. The van der Waals surface area contributed by atoms with E-state index in [-0.39, 0.29) is 13.5 Å². The van der Waals surface area contributed by atoms with Crippen LogP contribution in [0.15, 0.2) is 0 Å². The fourth-order valence-electron chi connectivity index (χ4n) is 2.62. The van der Waals surface area contributed by atoms with E-state index < -0.39 is 0 Å². The predicted molar refractivity (Wildman–Crippen MR) is 70.9 cm³/mol. The summed E-state index contributed by atoms with van der Waals surface area (Å²) in [6.07, 6.45) is 8.03. The van der Waals surface area contributed by atoms with Crippen LogP contribution in [-0.4, -0.2) is 36.1 Å². The highest BCUT2D eigenvalue weighted by Gasteiger charge is 2.23. The van der Waals surface area contributed by atoms with Crippen molar-refractivity contribution in [2.24, 2.45) is 5.73 Å². The fraction of sp³-hybridized carbons (Fsp3) is 0.923. The molecule has 100 valence electrons. The molecule has 0 bridgehead atoms. The maximum absolute atomic E-state index is 11.9. The van der Waals surface area contributed by atoms with Gasteiger partial charge in [0, 0.05) is 25.2 Å². The number of likely N-dealkylation sites (tertiary alicyclic amines) is 1. The first kappa shape index (κ1) is 14.3. The number of nitrogens with one attached hydrogen (secondary N) is 1. The molecule has 17 heavy (non-hydrogen) atoms. The minimum absolute atomic E-state index is 0. The Hall–Kier alpha value is -0.770. The number of nitrogens with zero attached hydrogens (tertiary/aromatic N) is 1. The largest absolute Gasteiger partial charge is 0.335 e. The minimum Gasteiger partial charge on any atom is -0.335 e. The van der Waals surface area contributed by atoms with Crippen molar-refractivity contribution in [1.82, 2.24) is 10.2 Å². The monoisotopic (exact) mass is 241 g/mol. The molecule has 0 unspecified atom stereocenters. The normalized spacial score (nSPS) is 23.0. The third-order valence-corrected chi connectivity index (χ3v) is 3.76. The lowest BCUT2D eigenvalue weighted by molar-refractivity contribution is 0.175. The van der Waals surface area contributed by atoms with Gasteiger partial charge < -0.3 is 16.0 Å². The SMILES string of the molecule is C.NC1CCN(C(=O)NC2CCCCC2)CC1. The van der Waals surface area contributed by atoms with Gasteiger partial charge in [0.05, 0.1) is 0 Å². The van der Waals surface area contributed by atoms with E-state index in [1.54, 1.807) is 0 Å². The Morgan fingerprint density at radius 3 is 2.24 bits per heavy atom. The van der Waals surface area contributed by atoms with Gasteiger partial charge in [0.15, 0.2) is 0 Å². The van der Waals surface area contributed by atoms with Gasteiger partial charge >= 0.3 is 6.03 Å². The summed E-state index contributed by atoms with van der Waals surface area (Å²) in [5, 5.41) is 3.15. The Balaban J connectivity index is 0.00000144. The molecule has 0 radical (unpaired) electrons.